The quantitative estimate of drug-likeness (QED) is 0.531. The topological polar surface area (TPSA) is 109 Å². The molecule has 3 rings (SSSR count). The van der Waals surface area contributed by atoms with Gasteiger partial charge in [0.25, 0.3) is 11.5 Å². The molecule has 31 heavy (non-hydrogen) atoms. The summed E-state index contributed by atoms with van der Waals surface area (Å²) in [4.78, 5) is 42.9. The Morgan fingerprint density at radius 3 is 2.68 bits per heavy atom. The Bertz CT molecular complexity index is 1180. The van der Waals surface area contributed by atoms with Crippen molar-refractivity contribution in [2.24, 2.45) is 0 Å². The van der Waals surface area contributed by atoms with E-state index in [-0.39, 0.29) is 18.5 Å². The Morgan fingerprint density at radius 1 is 1.19 bits per heavy atom. The lowest BCUT2D eigenvalue weighted by Gasteiger charge is -2.12. The van der Waals surface area contributed by atoms with Crippen molar-refractivity contribution in [3.8, 4) is 11.5 Å². The Balaban J connectivity index is 1.56. The first-order valence-electron chi connectivity index (χ1n) is 9.46. The second kappa shape index (κ2) is 9.61. The van der Waals surface area contributed by atoms with E-state index in [0.717, 1.165) is 10.4 Å². The molecule has 0 bridgehead atoms. The zero-order valence-corrected chi connectivity index (χ0v) is 18.5. The smallest absolute Gasteiger partial charge is 0.308 e. The van der Waals surface area contributed by atoms with Crippen LogP contribution in [0.1, 0.15) is 16.9 Å². The van der Waals surface area contributed by atoms with E-state index in [2.05, 4.69) is 10.3 Å². The number of hydrogen-bond acceptors (Lipinski definition) is 8. The van der Waals surface area contributed by atoms with Gasteiger partial charge in [-0.05, 0) is 31.5 Å². The normalized spacial score (nSPS) is 10.7. The van der Waals surface area contributed by atoms with Crippen molar-refractivity contribution in [1.82, 2.24) is 9.55 Å². The molecular formula is C21H23N3O6S. The van der Waals surface area contributed by atoms with Crippen LogP contribution >= 0.6 is 11.3 Å². The van der Waals surface area contributed by atoms with E-state index < -0.39 is 18.5 Å². The molecule has 0 saturated carbocycles. The van der Waals surface area contributed by atoms with Gasteiger partial charge in [0, 0.05) is 17.5 Å². The van der Waals surface area contributed by atoms with Gasteiger partial charge in [0.1, 0.15) is 16.3 Å². The Labute approximate surface area is 182 Å². The van der Waals surface area contributed by atoms with E-state index in [9.17, 15) is 14.4 Å². The van der Waals surface area contributed by atoms with Crippen molar-refractivity contribution in [3.05, 3.63) is 45.3 Å². The van der Waals surface area contributed by atoms with Crippen molar-refractivity contribution in [3.63, 3.8) is 0 Å². The van der Waals surface area contributed by atoms with Crippen LogP contribution in [-0.2, 0) is 20.9 Å². The third kappa shape index (κ3) is 5.02. The molecule has 0 aliphatic carbocycles. The van der Waals surface area contributed by atoms with Crippen molar-refractivity contribution >= 4 is 39.1 Å². The van der Waals surface area contributed by atoms with E-state index in [1.165, 1.54) is 36.5 Å². The van der Waals surface area contributed by atoms with Crippen LogP contribution in [0.4, 0.5) is 5.69 Å². The van der Waals surface area contributed by atoms with Crippen LogP contribution in [0.2, 0.25) is 0 Å². The maximum absolute atomic E-state index is 12.6. The number of aromatic nitrogens is 2. The Morgan fingerprint density at radius 2 is 1.97 bits per heavy atom. The minimum absolute atomic E-state index is 0.0645. The van der Waals surface area contributed by atoms with Crippen LogP contribution in [0.15, 0.2) is 29.3 Å². The van der Waals surface area contributed by atoms with Crippen LogP contribution in [0.25, 0.3) is 10.2 Å². The highest BCUT2D eigenvalue weighted by Gasteiger charge is 2.14. The van der Waals surface area contributed by atoms with Gasteiger partial charge in [-0.15, -0.1) is 11.3 Å². The van der Waals surface area contributed by atoms with Gasteiger partial charge in [-0.2, -0.15) is 0 Å². The summed E-state index contributed by atoms with van der Waals surface area (Å²) in [7, 11) is 2.99. The largest absolute Gasteiger partial charge is 0.497 e. The second-order valence-corrected chi connectivity index (χ2v) is 7.93. The van der Waals surface area contributed by atoms with Crippen molar-refractivity contribution in [1.29, 1.82) is 0 Å². The summed E-state index contributed by atoms with van der Waals surface area (Å²) in [5.41, 5.74) is 1.11. The molecule has 0 aliphatic rings. The molecule has 2 heterocycles. The van der Waals surface area contributed by atoms with Gasteiger partial charge < -0.3 is 19.5 Å². The van der Waals surface area contributed by atoms with Crippen LogP contribution in [0.5, 0.6) is 11.5 Å². The summed E-state index contributed by atoms with van der Waals surface area (Å²) >= 11 is 1.47. The second-order valence-electron chi connectivity index (χ2n) is 6.73. The number of carbonyl (C=O) groups is 2. The lowest BCUT2D eigenvalue weighted by atomic mass is 10.2. The number of anilines is 1. The van der Waals surface area contributed by atoms with Gasteiger partial charge in [-0.1, -0.05) is 0 Å². The first-order valence-corrected chi connectivity index (χ1v) is 10.3. The SMILES string of the molecule is COc1ccc(OC)c(NC(=O)COC(=O)CCn2cnc3sc(C)c(C)c3c2=O)c1. The number of benzene rings is 1. The minimum atomic E-state index is -0.599. The van der Waals surface area contributed by atoms with E-state index in [1.54, 1.807) is 18.2 Å². The van der Waals surface area contributed by atoms with E-state index in [0.29, 0.717) is 27.4 Å². The number of nitrogens with one attached hydrogen (secondary N) is 1. The standard InChI is InChI=1S/C21H23N3O6S/c1-12-13(2)31-20-19(12)21(27)24(11-22-20)8-7-18(26)30-10-17(25)23-15-9-14(28-3)5-6-16(15)29-4/h5-6,9,11H,7-8,10H2,1-4H3,(H,23,25). The molecule has 0 aliphatic heterocycles. The predicted molar refractivity (Wildman–Crippen MR) is 117 cm³/mol. The molecule has 9 nitrogen and oxygen atoms in total. The molecule has 0 atom stereocenters. The molecule has 1 N–H and O–H groups in total. The highest BCUT2D eigenvalue weighted by molar-refractivity contribution is 7.18. The zero-order valence-electron chi connectivity index (χ0n) is 17.7. The third-order valence-corrected chi connectivity index (χ3v) is 5.87. The number of esters is 1. The molecule has 0 unspecified atom stereocenters. The summed E-state index contributed by atoms with van der Waals surface area (Å²) in [6.45, 7) is 3.47. The highest BCUT2D eigenvalue weighted by Crippen LogP contribution is 2.29. The number of thiophene rings is 1. The zero-order chi connectivity index (χ0) is 22.5. The first-order chi connectivity index (χ1) is 14.8. The van der Waals surface area contributed by atoms with Crippen molar-refractivity contribution in [2.45, 2.75) is 26.8 Å². The number of aryl methyl sites for hydroxylation is 3. The summed E-state index contributed by atoms with van der Waals surface area (Å²) in [6, 6.07) is 4.95. The van der Waals surface area contributed by atoms with E-state index in [4.69, 9.17) is 14.2 Å². The number of nitrogens with zero attached hydrogens (tertiary/aromatic N) is 2. The minimum Gasteiger partial charge on any atom is -0.497 e. The molecule has 1 aromatic carbocycles. The van der Waals surface area contributed by atoms with Crippen molar-refractivity contribution < 1.29 is 23.8 Å². The number of ether oxygens (including phenoxy) is 3. The molecule has 1 amide bonds. The number of carbonyl (C=O) groups excluding carboxylic acids is 2. The lowest BCUT2D eigenvalue weighted by molar-refractivity contribution is -0.147. The Hall–Kier alpha value is -3.40. The summed E-state index contributed by atoms with van der Waals surface area (Å²) in [5, 5.41) is 3.19. The number of hydrogen-bond donors (Lipinski definition) is 1. The summed E-state index contributed by atoms with van der Waals surface area (Å²) < 4.78 is 16.7. The Kier molecular flexibility index (Phi) is 6.91. The fraction of sp³-hybridized carbons (Fsp3) is 0.333. The van der Waals surface area contributed by atoms with Crippen LogP contribution in [0, 0.1) is 13.8 Å². The van der Waals surface area contributed by atoms with Crippen LogP contribution in [0.3, 0.4) is 0 Å². The molecule has 0 radical (unpaired) electrons. The van der Waals surface area contributed by atoms with Gasteiger partial charge >= 0.3 is 5.97 Å². The molecule has 3 aromatic rings. The van der Waals surface area contributed by atoms with Gasteiger partial charge in [0.2, 0.25) is 0 Å². The monoisotopic (exact) mass is 445 g/mol. The predicted octanol–water partition coefficient (Wildman–Crippen LogP) is 2.66. The molecule has 10 heteroatoms. The maximum atomic E-state index is 12.6. The lowest BCUT2D eigenvalue weighted by Crippen LogP contribution is -2.24. The molecule has 2 aromatic heterocycles. The van der Waals surface area contributed by atoms with Gasteiger partial charge in [0.05, 0.1) is 38.0 Å². The fourth-order valence-corrected chi connectivity index (χ4v) is 3.94. The number of methoxy groups -OCH3 is 2. The molecule has 0 spiro atoms. The average Bonchev–Trinajstić information content (AvgIpc) is 3.05. The maximum Gasteiger partial charge on any atom is 0.308 e. The van der Waals surface area contributed by atoms with Gasteiger partial charge in [0.15, 0.2) is 6.61 Å². The molecule has 0 saturated heterocycles. The fourth-order valence-electron chi connectivity index (χ4n) is 2.96. The number of amides is 1. The first kappa shape index (κ1) is 22.3. The highest BCUT2D eigenvalue weighted by atomic mass is 32.1. The summed E-state index contributed by atoms with van der Waals surface area (Å²) in [6.07, 6.45) is 1.36. The van der Waals surface area contributed by atoms with Crippen LogP contribution < -0.4 is 20.3 Å². The summed E-state index contributed by atoms with van der Waals surface area (Å²) in [5.74, 6) is -0.135. The number of rotatable bonds is 8. The van der Waals surface area contributed by atoms with Gasteiger partial charge in [-0.25, -0.2) is 4.98 Å². The number of fused-ring (bicyclic) bond motifs is 1. The average molecular weight is 445 g/mol. The van der Waals surface area contributed by atoms with Crippen molar-refractivity contribution in [2.75, 3.05) is 26.1 Å². The van der Waals surface area contributed by atoms with E-state index in [1.807, 2.05) is 13.8 Å². The molecule has 164 valence electrons. The van der Waals surface area contributed by atoms with Crippen LogP contribution in [-0.4, -0.2) is 42.3 Å². The van der Waals surface area contributed by atoms with Gasteiger partial charge in [-0.3, -0.25) is 19.0 Å². The van der Waals surface area contributed by atoms with E-state index >= 15 is 0 Å². The molecular weight excluding hydrogens is 422 g/mol. The molecule has 0 fully saturated rings. The third-order valence-electron chi connectivity index (χ3n) is 4.76.